The van der Waals surface area contributed by atoms with E-state index in [1.165, 1.54) is 6.26 Å². The Kier molecular flexibility index (Phi) is 5.48. The molecule has 1 aromatic carbocycles. The second kappa shape index (κ2) is 6.96. The largest absolute Gasteiger partial charge is 0.262 e. The van der Waals surface area contributed by atoms with Gasteiger partial charge in [0.15, 0.2) is 0 Å². The first-order valence-corrected chi connectivity index (χ1v) is 9.91. The predicted octanol–water partition coefficient (Wildman–Crippen LogP) is 4.11. The number of hydrogen-bond acceptors (Lipinski definition) is 2. The molecular weight excluding hydrogens is 397 g/mol. The molecule has 1 unspecified atom stereocenters. The van der Waals surface area contributed by atoms with Crippen molar-refractivity contribution in [2.45, 2.75) is 31.7 Å². The minimum absolute atomic E-state index is 0.0948. The standard InChI is InChI=1S/C16H20INO2S/c1-3-8-13-9-4-6-11-15(13)18(21(2,19)20)16-12-7-5-10-14(16)17/h3,5,7,9-10,12,15H,1,4,6,8,11H2,2H3. The van der Waals surface area contributed by atoms with Gasteiger partial charge < -0.3 is 0 Å². The third kappa shape index (κ3) is 3.88. The van der Waals surface area contributed by atoms with E-state index >= 15 is 0 Å². The molecule has 114 valence electrons. The van der Waals surface area contributed by atoms with E-state index in [4.69, 9.17) is 0 Å². The van der Waals surface area contributed by atoms with Crippen molar-refractivity contribution in [2.24, 2.45) is 0 Å². The maximum absolute atomic E-state index is 12.4. The Bertz CT molecular complexity index is 652. The van der Waals surface area contributed by atoms with Crippen LogP contribution in [0.1, 0.15) is 25.7 Å². The zero-order chi connectivity index (χ0) is 15.5. The molecule has 0 bridgehead atoms. The lowest BCUT2D eigenvalue weighted by Crippen LogP contribution is -2.42. The van der Waals surface area contributed by atoms with Crippen LogP contribution in [0, 0.1) is 3.57 Å². The second-order valence-corrected chi connectivity index (χ2v) is 8.25. The first-order chi connectivity index (χ1) is 9.95. The van der Waals surface area contributed by atoms with Gasteiger partial charge in [-0.05, 0) is 66.0 Å². The van der Waals surface area contributed by atoms with Gasteiger partial charge in [-0.1, -0.05) is 24.3 Å². The lowest BCUT2D eigenvalue weighted by molar-refractivity contribution is 0.563. The monoisotopic (exact) mass is 417 g/mol. The third-order valence-electron chi connectivity index (χ3n) is 3.63. The smallest absolute Gasteiger partial charge is 0.232 e. The molecule has 21 heavy (non-hydrogen) atoms. The van der Waals surface area contributed by atoms with Crippen molar-refractivity contribution in [3.8, 4) is 0 Å². The molecule has 0 amide bonds. The summed E-state index contributed by atoms with van der Waals surface area (Å²) in [6.45, 7) is 3.79. The number of anilines is 1. The molecule has 1 aliphatic rings. The van der Waals surface area contributed by atoms with E-state index in [9.17, 15) is 8.42 Å². The number of nitrogens with zero attached hydrogens (tertiary/aromatic N) is 1. The summed E-state index contributed by atoms with van der Waals surface area (Å²) in [6.07, 6.45) is 8.93. The van der Waals surface area contributed by atoms with Crippen molar-refractivity contribution in [3.05, 3.63) is 52.1 Å². The van der Waals surface area contributed by atoms with Gasteiger partial charge in [0.1, 0.15) is 0 Å². The molecule has 2 rings (SSSR count). The van der Waals surface area contributed by atoms with Gasteiger partial charge in [-0.15, -0.1) is 6.58 Å². The number of benzene rings is 1. The zero-order valence-corrected chi connectivity index (χ0v) is 15.1. The Morgan fingerprint density at radius 3 is 2.76 bits per heavy atom. The fraction of sp³-hybridized carbons (Fsp3) is 0.375. The molecule has 1 aromatic rings. The van der Waals surface area contributed by atoms with Gasteiger partial charge in [0.05, 0.1) is 18.0 Å². The molecule has 5 heteroatoms. The summed E-state index contributed by atoms with van der Waals surface area (Å²) >= 11 is 2.19. The molecule has 0 spiro atoms. The summed E-state index contributed by atoms with van der Waals surface area (Å²) in [6, 6.07) is 7.53. The Labute approximate surface area is 140 Å². The van der Waals surface area contributed by atoms with Crippen LogP contribution in [0.15, 0.2) is 48.6 Å². The Morgan fingerprint density at radius 1 is 1.43 bits per heavy atom. The molecular formula is C16H20INO2S. The number of allylic oxidation sites excluding steroid dienone is 2. The van der Waals surface area contributed by atoms with Crippen LogP contribution in [0.3, 0.4) is 0 Å². The van der Waals surface area contributed by atoms with Gasteiger partial charge in [0, 0.05) is 3.57 Å². The van der Waals surface area contributed by atoms with Gasteiger partial charge in [0.25, 0.3) is 0 Å². The second-order valence-electron chi connectivity index (χ2n) is 5.23. The molecule has 0 radical (unpaired) electrons. The Hall–Kier alpha value is -0.820. The minimum Gasteiger partial charge on any atom is -0.262 e. The summed E-state index contributed by atoms with van der Waals surface area (Å²) in [5, 5.41) is 0. The van der Waals surface area contributed by atoms with Gasteiger partial charge in [0.2, 0.25) is 10.0 Å². The van der Waals surface area contributed by atoms with Crippen molar-refractivity contribution in [2.75, 3.05) is 10.6 Å². The SMILES string of the molecule is C=CCC1=CCCCC1N(c1ccccc1I)S(C)(=O)=O. The van der Waals surface area contributed by atoms with Crippen LogP contribution in [0.25, 0.3) is 0 Å². The normalized spacial score (nSPS) is 19.0. The molecule has 3 nitrogen and oxygen atoms in total. The number of sulfonamides is 1. The van der Waals surface area contributed by atoms with Crippen molar-refractivity contribution in [1.82, 2.24) is 0 Å². The van der Waals surface area contributed by atoms with Gasteiger partial charge >= 0.3 is 0 Å². The molecule has 1 atom stereocenters. The number of para-hydroxylation sites is 1. The summed E-state index contributed by atoms with van der Waals surface area (Å²) in [5.41, 5.74) is 1.92. The average molecular weight is 417 g/mol. The molecule has 1 aliphatic carbocycles. The highest BCUT2D eigenvalue weighted by atomic mass is 127. The molecule has 0 N–H and O–H groups in total. The van der Waals surface area contributed by atoms with Crippen LogP contribution >= 0.6 is 22.6 Å². The molecule has 0 saturated carbocycles. The summed E-state index contributed by atoms with van der Waals surface area (Å²) < 4.78 is 27.3. The lowest BCUT2D eigenvalue weighted by Gasteiger charge is -2.35. The van der Waals surface area contributed by atoms with E-state index in [0.29, 0.717) is 0 Å². The first-order valence-electron chi connectivity index (χ1n) is 6.99. The molecule has 0 saturated heterocycles. The van der Waals surface area contributed by atoms with Crippen LogP contribution in [0.2, 0.25) is 0 Å². The van der Waals surface area contributed by atoms with Gasteiger partial charge in [-0.2, -0.15) is 0 Å². The van der Waals surface area contributed by atoms with Crippen molar-refractivity contribution in [1.29, 1.82) is 0 Å². The van der Waals surface area contributed by atoms with Crippen LogP contribution in [0.5, 0.6) is 0 Å². The highest BCUT2D eigenvalue weighted by molar-refractivity contribution is 14.1. The fourth-order valence-electron chi connectivity index (χ4n) is 2.78. The highest BCUT2D eigenvalue weighted by Crippen LogP contribution is 2.34. The topological polar surface area (TPSA) is 37.4 Å². The Morgan fingerprint density at radius 2 is 2.14 bits per heavy atom. The molecule has 0 aromatic heterocycles. The third-order valence-corrected chi connectivity index (χ3v) is 5.70. The van der Waals surface area contributed by atoms with Crippen LogP contribution in [-0.4, -0.2) is 20.7 Å². The maximum Gasteiger partial charge on any atom is 0.232 e. The quantitative estimate of drug-likeness (QED) is 0.534. The van der Waals surface area contributed by atoms with E-state index in [-0.39, 0.29) is 6.04 Å². The maximum atomic E-state index is 12.4. The molecule has 0 aliphatic heterocycles. The van der Waals surface area contributed by atoms with Crippen molar-refractivity contribution in [3.63, 3.8) is 0 Å². The minimum atomic E-state index is -3.34. The van der Waals surface area contributed by atoms with E-state index in [1.807, 2.05) is 30.3 Å². The van der Waals surface area contributed by atoms with Crippen LogP contribution < -0.4 is 4.31 Å². The van der Waals surface area contributed by atoms with Crippen LogP contribution in [0.4, 0.5) is 5.69 Å². The summed E-state index contributed by atoms with van der Waals surface area (Å²) in [7, 11) is -3.34. The Balaban J connectivity index is 2.51. The molecule has 0 heterocycles. The fourth-order valence-corrected chi connectivity index (χ4v) is 4.81. The molecule has 0 fully saturated rings. The lowest BCUT2D eigenvalue weighted by atomic mass is 9.91. The van der Waals surface area contributed by atoms with Crippen molar-refractivity contribution < 1.29 is 8.42 Å². The number of hydrogen-bond donors (Lipinski definition) is 0. The summed E-state index contributed by atoms with van der Waals surface area (Å²) in [4.78, 5) is 0. The van der Waals surface area contributed by atoms with Gasteiger partial charge in [-0.3, -0.25) is 4.31 Å². The first kappa shape index (κ1) is 16.5. The van der Waals surface area contributed by atoms with Crippen molar-refractivity contribution >= 4 is 38.3 Å². The van der Waals surface area contributed by atoms with Gasteiger partial charge in [-0.25, -0.2) is 8.42 Å². The zero-order valence-electron chi connectivity index (χ0n) is 12.1. The predicted molar refractivity (Wildman–Crippen MR) is 97.0 cm³/mol. The number of halogens is 1. The summed E-state index contributed by atoms with van der Waals surface area (Å²) in [5.74, 6) is 0. The highest BCUT2D eigenvalue weighted by Gasteiger charge is 2.31. The number of rotatable bonds is 5. The van der Waals surface area contributed by atoms with E-state index in [1.54, 1.807) is 4.31 Å². The van der Waals surface area contributed by atoms with E-state index in [2.05, 4.69) is 35.2 Å². The van der Waals surface area contributed by atoms with E-state index < -0.39 is 10.0 Å². The van der Waals surface area contributed by atoms with E-state index in [0.717, 1.165) is 40.5 Å². The van der Waals surface area contributed by atoms with Crippen LogP contribution in [-0.2, 0) is 10.0 Å². The average Bonchev–Trinajstić information content (AvgIpc) is 2.42.